The molecule has 0 aliphatic carbocycles. The fraction of sp³-hybridized carbons (Fsp3) is 0.539. The molecule has 5 aromatic rings. The maximum Gasteiger partial charge on any atom is 0.326 e. The molecule has 0 spiro atoms. The molecule has 1 aliphatic heterocycles. The number of hydrogen-bond acceptors (Lipinski definition) is 27. The van der Waals surface area contributed by atoms with Gasteiger partial charge in [0.2, 0.25) is 118 Å². The molecule has 2 aromatic carbocycles. The number of fused-ring (bicyclic) bond motifs is 1. The molecule has 6 rings (SSSR count). The molecule has 3 aromatic heterocycles. The molecule has 51 nitrogen and oxygen atoms in total. The summed E-state index contributed by atoms with van der Waals surface area (Å²) in [7, 11) is 0. The minimum atomic E-state index is -1.91. The van der Waals surface area contributed by atoms with Crippen molar-refractivity contribution < 1.29 is 121 Å². The van der Waals surface area contributed by atoms with Crippen molar-refractivity contribution in [1.29, 1.82) is 0 Å². The first-order valence-electron chi connectivity index (χ1n) is 45.5. The second-order valence-corrected chi connectivity index (χ2v) is 35.5. The molecule has 20 amide bonds. The Kier molecular flexibility index (Phi) is 45.0. The molecule has 0 bridgehead atoms. The number of carbonyl (C=O) groups is 21. The summed E-state index contributed by atoms with van der Waals surface area (Å²) >= 11 is 0. The lowest BCUT2D eigenvalue weighted by Gasteiger charge is -2.28. The van der Waals surface area contributed by atoms with Crippen molar-refractivity contribution in [2.45, 2.75) is 244 Å². The molecule has 16 unspecified atom stereocenters. The largest absolute Gasteiger partial charge is 0.508 e. The number of imidazole rings is 2. The quantitative estimate of drug-likeness (QED) is 0.0172. The number of primary amides is 2. The average Bonchev–Trinajstić information content (AvgIpc) is 1.68. The third kappa shape index (κ3) is 37.1. The number of aliphatic carboxylic acids is 1. The van der Waals surface area contributed by atoms with Crippen LogP contribution in [0.3, 0.4) is 0 Å². The summed E-state index contributed by atoms with van der Waals surface area (Å²) in [5.41, 5.74) is 18.6. The summed E-state index contributed by atoms with van der Waals surface area (Å²) in [6, 6.07) is -10.4. The number of phenols is 1. The van der Waals surface area contributed by atoms with E-state index in [1.54, 1.807) is 85.9 Å². The molecule has 0 saturated carbocycles. The first-order chi connectivity index (χ1) is 66.0. The third-order valence-corrected chi connectivity index (χ3v) is 22.0. The number of hydrogen-bond donors (Lipinski definition) is 27. The number of benzene rings is 2. The number of H-pyrrole nitrogens is 3. The zero-order chi connectivity index (χ0) is 104. The Bertz CT molecular complexity index is 5160. The van der Waals surface area contributed by atoms with E-state index in [2.05, 4.69) is 115 Å². The highest BCUT2D eigenvalue weighted by Gasteiger charge is 2.42. The van der Waals surface area contributed by atoms with Gasteiger partial charge in [-0.05, 0) is 106 Å². The predicted molar refractivity (Wildman–Crippen MR) is 497 cm³/mol. The number of nitrogens with two attached hydrogens (primary N) is 3. The Balaban J connectivity index is 1.04. The van der Waals surface area contributed by atoms with Gasteiger partial charge < -0.3 is 148 Å². The summed E-state index contributed by atoms with van der Waals surface area (Å²) in [6.07, 6.45) is 3.01. The lowest BCUT2D eigenvalue weighted by atomic mass is 9.99. The van der Waals surface area contributed by atoms with Crippen molar-refractivity contribution in [3.63, 3.8) is 0 Å². The van der Waals surface area contributed by atoms with Gasteiger partial charge in [0, 0.05) is 61.7 Å². The molecule has 51 heteroatoms. The molecular formula is C89H130N26O25. The summed E-state index contributed by atoms with van der Waals surface area (Å²) in [5.74, 6) is -22.9. The lowest BCUT2D eigenvalue weighted by Crippen LogP contribution is -2.62. The third-order valence-electron chi connectivity index (χ3n) is 22.0. The van der Waals surface area contributed by atoms with Gasteiger partial charge in [0.1, 0.15) is 96.4 Å². The van der Waals surface area contributed by atoms with Crippen LogP contribution in [-0.2, 0) is 126 Å². The summed E-state index contributed by atoms with van der Waals surface area (Å²) in [4.78, 5) is 303. The number of phenolic OH excluding ortho intramolecular Hbond substituents is 1. The van der Waals surface area contributed by atoms with Crippen LogP contribution in [0.4, 0.5) is 0 Å². The standard InChI is InChI=1S/C89H130N26O25/c1-42(2)23-56(77(127)98-38-72(124)115-22-14-17-66(115)86(136)109-61(28-51-34-93-40-99-51)78(128)102-47(10)76(126)113-73(45(7)8)87(137)97-37-71(123)105-62(30-67(91)119)82(132)111-64(89(139)140)29-52-35-94-41-100-52)106-79(129)57(24-43(3)4)107-81(131)59(26-49-18-20-53(118)21-19-49)104-70(122)36-96-75(125)46(9)101-85(135)65(39-116)112-83(133)63(31-68(92)120)108-80(130)58(25-44(5)6)110-88(138)74(48(11)117)114-84(134)60(103-69(121)32-90)27-50-33-95-55-16-13-12-15-54(50)55/h12-13,15-16,18-21,33-35,40-48,56-66,73-74,95,116-118H,14,17,22-32,36-39,90H2,1-11H3,(H2,91,119)(H2,92,120)(H,93,99)(H,94,100)(H,96,125)(H,97,137)(H,98,127)(H,101,135)(H,102,128)(H,103,121)(H,104,122)(H,105,123)(H,106,129)(H,107,131)(H,108,130)(H,109,136)(H,110,138)(H,111,132)(H,112,133)(H,113,126)(H,114,134)(H,139,140). The zero-order valence-electron chi connectivity index (χ0n) is 79.5. The number of aliphatic hydroxyl groups excluding tert-OH is 2. The van der Waals surface area contributed by atoms with Crippen molar-refractivity contribution in [3.8, 4) is 5.75 Å². The molecule has 0 radical (unpaired) electrons. The van der Waals surface area contributed by atoms with Gasteiger partial charge in [0.15, 0.2) is 0 Å². The number of likely N-dealkylation sites (tertiary alicyclic amines) is 1. The van der Waals surface area contributed by atoms with Gasteiger partial charge in [0.05, 0.1) is 75.8 Å². The van der Waals surface area contributed by atoms with Gasteiger partial charge >= 0.3 is 5.97 Å². The smallest absolute Gasteiger partial charge is 0.326 e. The van der Waals surface area contributed by atoms with E-state index in [0.717, 1.165) is 17.8 Å². The van der Waals surface area contributed by atoms with E-state index in [0.29, 0.717) is 11.1 Å². The number of carboxylic acid groups (broad SMARTS) is 1. The zero-order valence-corrected chi connectivity index (χ0v) is 79.5. The second kappa shape index (κ2) is 55.4. The van der Waals surface area contributed by atoms with Crippen LogP contribution in [0.15, 0.2) is 79.8 Å². The normalized spacial score (nSPS) is 15.6. The number of aromatic amines is 3. The van der Waals surface area contributed by atoms with Crippen LogP contribution < -0.4 is 108 Å². The number of aliphatic hydroxyl groups is 2. The average molecular weight is 1960 g/mol. The van der Waals surface area contributed by atoms with Gasteiger partial charge in [-0.25, -0.2) is 14.8 Å². The van der Waals surface area contributed by atoms with Crippen LogP contribution in [0.2, 0.25) is 0 Å². The molecule has 4 heterocycles. The van der Waals surface area contributed by atoms with Crippen LogP contribution in [0.25, 0.3) is 10.9 Å². The van der Waals surface area contributed by atoms with Crippen molar-refractivity contribution in [1.82, 2.24) is 120 Å². The van der Waals surface area contributed by atoms with Gasteiger partial charge in [-0.1, -0.05) is 85.7 Å². The molecule has 1 saturated heterocycles. The van der Waals surface area contributed by atoms with E-state index >= 15 is 0 Å². The van der Waals surface area contributed by atoms with Crippen LogP contribution in [0.1, 0.15) is 144 Å². The minimum absolute atomic E-state index is 0.0145. The van der Waals surface area contributed by atoms with Crippen LogP contribution in [0.5, 0.6) is 5.75 Å². The number of amides is 20. The van der Waals surface area contributed by atoms with E-state index in [1.807, 2.05) is 0 Å². The van der Waals surface area contributed by atoms with E-state index in [1.165, 1.54) is 68.1 Å². The maximum absolute atomic E-state index is 14.6. The van der Waals surface area contributed by atoms with Gasteiger partial charge in [0.25, 0.3) is 0 Å². The first-order valence-corrected chi connectivity index (χ1v) is 45.5. The SMILES string of the molecule is CC(C)CC(NC(=O)C(CC(C)C)NC(=O)C(Cc1ccc(O)cc1)NC(=O)CNC(=O)C(C)NC(=O)C(CO)NC(=O)C(CC(N)=O)NC(=O)C(CC(C)C)NC(=O)C(NC(=O)C(Cc1c[nH]c2ccccc12)NC(=O)CN)C(C)O)C(=O)NCC(=O)N1CCCC1C(=O)NC(Cc1c[nH]cn1)C(=O)NC(C)C(=O)NC(C(=O)NCC(=O)NC(CC(N)=O)C(=O)NC(Cc1c[nH]cn1)C(=O)O)C(C)C. The van der Waals surface area contributed by atoms with Crippen LogP contribution in [-0.4, -0.2) is 310 Å². The molecule has 1 aliphatic rings. The second-order valence-electron chi connectivity index (χ2n) is 35.5. The van der Waals surface area contributed by atoms with Crippen LogP contribution >= 0.6 is 0 Å². The topological polar surface area (TPSA) is 798 Å². The number of carbonyl (C=O) groups excluding carboxylic acids is 20. The Morgan fingerprint density at radius 2 is 0.864 bits per heavy atom. The number of nitrogens with one attached hydrogen (secondary N) is 20. The number of nitrogens with zero attached hydrogens (tertiary/aromatic N) is 3. The molecule has 30 N–H and O–H groups in total. The van der Waals surface area contributed by atoms with Crippen molar-refractivity contribution in [2.24, 2.45) is 40.9 Å². The van der Waals surface area contributed by atoms with Gasteiger partial charge in [-0.2, -0.15) is 0 Å². The van der Waals surface area contributed by atoms with E-state index < -0.39 is 272 Å². The van der Waals surface area contributed by atoms with Crippen molar-refractivity contribution in [2.75, 3.05) is 39.3 Å². The Morgan fingerprint density at radius 3 is 1.38 bits per heavy atom. The summed E-state index contributed by atoms with van der Waals surface area (Å²) < 4.78 is 0. The highest BCUT2D eigenvalue weighted by atomic mass is 16.4. The fourth-order valence-electron chi connectivity index (χ4n) is 14.8. The number of rotatable bonds is 57. The highest BCUT2D eigenvalue weighted by molar-refractivity contribution is 6.02. The van der Waals surface area contributed by atoms with Crippen molar-refractivity contribution in [3.05, 3.63) is 102 Å². The Labute approximate surface area is 804 Å². The van der Waals surface area contributed by atoms with E-state index in [9.17, 15) is 121 Å². The number of aromatic nitrogens is 5. The molecule has 140 heavy (non-hydrogen) atoms. The summed E-state index contributed by atoms with van der Waals surface area (Å²) in [6.45, 7) is 12.9. The number of para-hydroxylation sites is 1. The first kappa shape index (κ1) is 114. The predicted octanol–water partition coefficient (Wildman–Crippen LogP) is -8.28. The van der Waals surface area contributed by atoms with Gasteiger partial charge in [-0.3, -0.25) is 95.9 Å². The minimum Gasteiger partial charge on any atom is -0.508 e. The maximum atomic E-state index is 14.6. The van der Waals surface area contributed by atoms with E-state index in [-0.39, 0.29) is 99.2 Å². The Morgan fingerprint density at radius 1 is 0.436 bits per heavy atom. The van der Waals surface area contributed by atoms with Crippen molar-refractivity contribution >= 4 is 135 Å². The van der Waals surface area contributed by atoms with Gasteiger partial charge in [-0.15, -0.1) is 0 Å². The molecule has 766 valence electrons. The van der Waals surface area contributed by atoms with E-state index in [4.69, 9.17) is 17.2 Å². The number of carboxylic acids is 1. The molecule has 16 atom stereocenters. The molecule has 1 fully saturated rings. The fourth-order valence-corrected chi connectivity index (χ4v) is 14.8. The highest BCUT2D eigenvalue weighted by Crippen LogP contribution is 2.23. The monoisotopic (exact) mass is 1960 g/mol. The lowest BCUT2D eigenvalue weighted by molar-refractivity contribution is -0.142. The summed E-state index contributed by atoms with van der Waals surface area (Å²) in [5, 5.41) is 83.1. The molecular weight excluding hydrogens is 1830 g/mol. The van der Waals surface area contributed by atoms with Crippen LogP contribution in [0, 0.1) is 23.7 Å². The number of aromatic hydroxyl groups is 1. The Hall–Kier alpha value is -15.0.